The van der Waals surface area contributed by atoms with E-state index in [2.05, 4.69) is 10.6 Å². The monoisotopic (exact) mass is 576 g/mol. The van der Waals surface area contributed by atoms with Gasteiger partial charge in [-0.05, 0) is 87.5 Å². The second kappa shape index (κ2) is 13.9. The molecule has 41 heavy (non-hydrogen) atoms. The summed E-state index contributed by atoms with van der Waals surface area (Å²) in [5.74, 6) is -1.16. The lowest BCUT2D eigenvalue weighted by Crippen LogP contribution is -2.51. The van der Waals surface area contributed by atoms with Crippen molar-refractivity contribution in [2.24, 2.45) is 5.92 Å². The van der Waals surface area contributed by atoms with Crippen LogP contribution in [0.2, 0.25) is 6.32 Å². The molecule has 2 N–H and O–H groups in total. The number of hydrogen-bond acceptors (Lipinski definition) is 8. The molecule has 10 nitrogen and oxygen atoms in total. The maximum Gasteiger partial charge on any atom is 0.457 e. The summed E-state index contributed by atoms with van der Waals surface area (Å²) in [5, 5.41) is 5.45. The Kier molecular flexibility index (Phi) is 11.7. The fourth-order valence-corrected chi connectivity index (χ4v) is 4.17. The van der Waals surface area contributed by atoms with E-state index in [1.807, 2.05) is 58.0 Å². The third-order valence-electron chi connectivity index (χ3n) is 6.84. The summed E-state index contributed by atoms with van der Waals surface area (Å²) in [7, 11) is -0.414. The Labute approximate surface area is 245 Å². The minimum Gasteiger partial charge on any atom is -0.458 e. The molecular formula is C30H49BN2O8. The zero-order valence-electron chi connectivity index (χ0n) is 26.4. The average Bonchev–Trinajstić information content (AvgIpc) is 3.02. The van der Waals surface area contributed by atoms with Crippen molar-refractivity contribution in [1.82, 2.24) is 10.6 Å². The van der Waals surface area contributed by atoms with E-state index in [-0.39, 0.29) is 13.2 Å². The summed E-state index contributed by atoms with van der Waals surface area (Å²) in [4.78, 5) is 38.7. The molecule has 0 spiro atoms. The lowest BCUT2D eigenvalue weighted by atomic mass is 9.80. The van der Waals surface area contributed by atoms with Gasteiger partial charge in [-0.2, -0.15) is 0 Å². The highest BCUT2D eigenvalue weighted by Gasteiger charge is 2.50. The Balaban J connectivity index is 2.19. The fraction of sp³-hybridized carbons (Fsp3) is 0.700. The van der Waals surface area contributed by atoms with Gasteiger partial charge >= 0.3 is 25.3 Å². The predicted octanol–water partition coefficient (Wildman–Crippen LogP) is 5.64. The quantitative estimate of drug-likeness (QED) is 0.197. The molecule has 0 radical (unpaired) electrons. The molecule has 230 valence electrons. The van der Waals surface area contributed by atoms with Gasteiger partial charge in [0.05, 0.1) is 11.2 Å². The van der Waals surface area contributed by atoms with Crippen LogP contribution in [0.3, 0.4) is 0 Å². The van der Waals surface area contributed by atoms with Gasteiger partial charge in [-0.15, -0.1) is 0 Å². The molecule has 0 bridgehead atoms. The summed E-state index contributed by atoms with van der Waals surface area (Å²) in [5.41, 5.74) is -1.60. The molecule has 1 fully saturated rings. The Morgan fingerprint density at radius 1 is 0.878 bits per heavy atom. The summed E-state index contributed by atoms with van der Waals surface area (Å²) >= 11 is 0. The zero-order chi connectivity index (χ0) is 31.1. The molecule has 2 atom stereocenters. The molecule has 0 unspecified atom stereocenters. The minimum absolute atomic E-state index is 0.0382. The fourth-order valence-electron chi connectivity index (χ4n) is 4.17. The van der Waals surface area contributed by atoms with Gasteiger partial charge in [0.2, 0.25) is 0 Å². The Morgan fingerprint density at radius 3 is 1.98 bits per heavy atom. The molecule has 2 rings (SSSR count). The maximum atomic E-state index is 13.4. The van der Waals surface area contributed by atoms with Gasteiger partial charge < -0.3 is 34.2 Å². The third kappa shape index (κ3) is 11.9. The number of carbonyl (C=O) groups is 3. The second-order valence-electron chi connectivity index (χ2n) is 13.5. The first-order valence-electron chi connectivity index (χ1n) is 14.3. The van der Waals surface area contributed by atoms with Crippen molar-refractivity contribution in [2.45, 2.75) is 123 Å². The van der Waals surface area contributed by atoms with Crippen molar-refractivity contribution in [3.63, 3.8) is 0 Å². The molecule has 1 aromatic rings. The van der Waals surface area contributed by atoms with Crippen LogP contribution in [0.1, 0.15) is 87.6 Å². The van der Waals surface area contributed by atoms with Crippen molar-refractivity contribution in [3.05, 3.63) is 35.9 Å². The number of esters is 1. The van der Waals surface area contributed by atoms with Crippen LogP contribution < -0.4 is 10.6 Å². The molecular weight excluding hydrogens is 527 g/mol. The van der Waals surface area contributed by atoms with Gasteiger partial charge in [-0.3, -0.25) is 0 Å². The van der Waals surface area contributed by atoms with Crippen LogP contribution in [-0.2, 0) is 34.9 Å². The molecule has 2 amide bonds. The van der Waals surface area contributed by atoms with Gasteiger partial charge in [-0.1, -0.05) is 36.8 Å². The third-order valence-corrected chi connectivity index (χ3v) is 6.84. The normalized spacial score (nSPS) is 17.8. The van der Waals surface area contributed by atoms with Crippen molar-refractivity contribution in [2.75, 3.05) is 6.54 Å². The molecule has 11 heteroatoms. The molecule has 0 saturated carbocycles. The summed E-state index contributed by atoms with van der Waals surface area (Å²) in [6, 6.07) is 8.14. The molecule has 1 aliphatic heterocycles. The van der Waals surface area contributed by atoms with E-state index >= 15 is 0 Å². The molecule has 0 aromatic heterocycles. The zero-order valence-corrected chi connectivity index (χ0v) is 26.4. The van der Waals surface area contributed by atoms with Crippen molar-refractivity contribution >= 4 is 25.3 Å². The first kappa shape index (κ1) is 34.4. The van der Waals surface area contributed by atoms with E-state index in [1.54, 1.807) is 41.5 Å². The van der Waals surface area contributed by atoms with E-state index in [9.17, 15) is 14.4 Å². The van der Waals surface area contributed by atoms with Crippen molar-refractivity contribution in [1.29, 1.82) is 0 Å². The first-order valence-corrected chi connectivity index (χ1v) is 14.3. The summed E-state index contributed by atoms with van der Waals surface area (Å²) in [6.07, 6.45) is 0.219. The van der Waals surface area contributed by atoms with Gasteiger partial charge in [0, 0.05) is 12.5 Å². The topological polar surface area (TPSA) is 121 Å². The molecule has 1 heterocycles. The van der Waals surface area contributed by atoms with Crippen LogP contribution in [0.25, 0.3) is 0 Å². The number of alkyl carbamates (subject to hydrolysis) is 2. The van der Waals surface area contributed by atoms with Crippen molar-refractivity contribution in [3.8, 4) is 0 Å². The van der Waals surface area contributed by atoms with Gasteiger partial charge in [0.1, 0.15) is 23.9 Å². The highest BCUT2D eigenvalue weighted by molar-refractivity contribution is 6.45. The predicted molar refractivity (Wildman–Crippen MR) is 157 cm³/mol. The van der Waals surface area contributed by atoms with E-state index in [0.29, 0.717) is 19.2 Å². The van der Waals surface area contributed by atoms with Crippen LogP contribution in [-0.4, -0.2) is 60.3 Å². The van der Waals surface area contributed by atoms with Crippen LogP contribution in [0.4, 0.5) is 9.59 Å². The number of rotatable bonds is 11. The SMILES string of the molecule is CC(C)(C)OC(=O)NC[C@H](CCCB1OC(C)(C)C(C)(C)O1)[C@H](NC(=O)OCc1ccccc1)C(=O)OC(C)(C)C. The number of ether oxygens (including phenoxy) is 3. The standard InChI is InChI=1S/C30H49BN2O8/c1-27(2,3)38-24(34)23(33-26(36)37-20-21-15-12-11-13-16-21)22(19-32-25(35)39-28(4,5)6)17-14-18-31-40-29(7,8)30(9,10)41-31/h11-13,15-16,22-23H,14,17-20H2,1-10H3,(H,32,35)(H,33,36)/t22-,23-/m0/s1. The largest absolute Gasteiger partial charge is 0.458 e. The molecule has 1 aliphatic rings. The maximum absolute atomic E-state index is 13.4. The van der Waals surface area contributed by atoms with Gasteiger partial charge in [0.15, 0.2) is 0 Å². The molecule has 0 aliphatic carbocycles. The smallest absolute Gasteiger partial charge is 0.457 e. The van der Waals surface area contributed by atoms with Crippen molar-refractivity contribution < 1.29 is 37.9 Å². The number of nitrogens with one attached hydrogen (secondary N) is 2. The summed E-state index contributed by atoms with van der Waals surface area (Å²) < 4.78 is 28.7. The molecule has 1 aromatic carbocycles. The lowest BCUT2D eigenvalue weighted by Gasteiger charge is -2.32. The Hall–Kier alpha value is -2.79. The first-order chi connectivity index (χ1) is 18.8. The average molecular weight is 577 g/mol. The lowest BCUT2D eigenvalue weighted by molar-refractivity contribution is -0.159. The van der Waals surface area contributed by atoms with Crippen LogP contribution in [0.5, 0.6) is 0 Å². The summed E-state index contributed by atoms with van der Waals surface area (Å²) in [6.45, 7) is 18.6. The van der Waals surface area contributed by atoms with E-state index < -0.39 is 59.6 Å². The van der Waals surface area contributed by atoms with Gasteiger partial charge in [0.25, 0.3) is 0 Å². The number of hydrogen-bond donors (Lipinski definition) is 2. The number of carbonyl (C=O) groups excluding carboxylic acids is 3. The minimum atomic E-state index is -1.09. The van der Waals surface area contributed by atoms with Crippen LogP contribution in [0.15, 0.2) is 30.3 Å². The van der Waals surface area contributed by atoms with Gasteiger partial charge in [-0.25, -0.2) is 14.4 Å². The Bertz CT molecular complexity index is 1000. The van der Waals surface area contributed by atoms with E-state index in [0.717, 1.165) is 5.56 Å². The van der Waals surface area contributed by atoms with E-state index in [4.69, 9.17) is 23.5 Å². The molecule has 1 saturated heterocycles. The Morgan fingerprint density at radius 2 is 1.44 bits per heavy atom. The second-order valence-corrected chi connectivity index (χ2v) is 13.5. The number of amides is 2. The van der Waals surface area contributed by atoms with E-state index in [1.165, 1.54) is 0 Å². The highest BCUT2D eigenvalue weighted by Crippen LogP contribution is 2.38. The van der Waals surface area contributed by atoms with Crippen LogP contribution in [0, 0.1) is 5.92 Å². The number of benzene rings is 1. The highest BCUT2D eigenvalue weighted by atomic mass is 16.7. The van der Waals surface area contributed by atoms with Crippen LogP contribution >= 0.6 is 0 Å².